The number of carboxylic acid groups (broad SMARTS) is 2. The Morgan fingerprint density at radius 1 is 1.09 bits per heavy atom. The number of ether oxygens (including phenoxy) is 3. The lowest BCUT2D eigenvalue weighted by Gasteiger charge is -2.32. The van der Waals surface area contributed by atoms with Crippen molar-refractivity contribution in [1.29, 1.82) is 0 Å². The first-order valence-electron chi connectivity index (χ1n) is 14.4. The molecule has 2 fully saturated rings. The molecule has 2 saturated heterocycles. The number of aryl methyl sites for hydroxylation is 1. The van der Waals surface area contributed by atoms with Crippen molar-refractivity contribution >= 4 is 22.9 Å². The van der Waals surface area contributed by atoms with E-state index in [0.29, 0.717) is 24.7 Å². The normalized spacial score (nSPS) is 16.5. The van der Waals surface area contributed by atoms with E-state index in [1.54, 1.807) is 6.20 Å². The lowest BCUT2D eigenvalue weighted by atomic mass is 9.91. The van der Waals surface area contributed by atoms with E-state index >= 15 is 0 Å². The highest BCUT2D eigenvalue weighted by atomic mass is 16.7. The number of carbonyl (C=O) groups is 2. The molecular weight excluding hydrogens is 556 g/mol. The molecule has 3 aromatic rings. The second-order valence-corrected chi connectivity index (χ2v) is 10.9. The monoisotopic (exact) mass is 596 g/mol. The molecule has 5 rings (SSSR count). The number of nitrogens with zero attached hydrogens (tertiary/aromatic N) is 4. The quantitative estimate of drug-likeness (QED) is 0.294. The number of hydrogen-bond acceptors (Lipinski definition) is 10. The zero-order chi connectivity index (χ0) is 30.6. The lowest BCUT2D eigenvalue weighted by molar-refractivity contribution is -0.134. The molecule has 0 amide bonds. The van der Waals surface area contributed by atoms with Gasteiger partial charge in [-0.25, -0.2) is 9.59 Å². The molecular formula is C31H40N4O8. The Hall–Kier alpha value is -3.84. The highest BCUT2D eigenvalue weighted by molar-refractivity contribution is 5.89. The molecule has 232 valence electrons. The zero-order valence-corrected chi connectivity index (χ0v) is 24.7. The molecule has 0 saturated carbocycles. The Labute approximate surface area is 250 Å². The van der Waals surface area contributed by atoms with Gasteiger partial charge in [-0.1, -0.05) is 11.2 Å². The van der Waals surface area contributed by atoms with Crippen LogP contribution in [-0.4, -0.2) is 95.3 Å². The molecule has 0 unspecified atom stereocenters. The van der Waals surface area contributed by atoms with Gasteiger partial charge in [0.25, 0.3) is 0 Å². The van der Waals surface area contributed by atoms with Gasteiger partial charge in [0.2, 0.25) is 0 Å². The van der Waals surface area contributed by atoms with Crippen molar-refractivity contribution in [3.05, 3.63) is 65.6 Å². The van der Waals surface area contributed by atoms with Crippen LogP contribution < -0.4 is 4.74 Å². The van der Waals surface area contributed by atoms with E-state index in [2.05, 4.69) is 46.2 Å². The van der Waals surface area contributed by atoms with Crippen molar-refractivity contribution in [1.82, 2.24) is 19.9 Å². The maximum absolute atomic E-state index is 9.55. The Bertz CT molecular complexity index is 1330. The van der Waals surface area contributed by atoms with E-state index in [0.717, 1.165) is 85.8 Å². The smallest absolute Gasteiger partial charge is 0.328 e. The molecule has 12 nitrogen and oxygen atoms in total. The van der Waals surface area contributed by atoms with Crippen LogP contribution in [-0.2, 0) is 38.6 Å². The summed E-state index contributed by atoms with van der Waals surface area (Å²) in [4.78, 5) is 27.9. The third-order valence-corrected chi connectivity index (χ3v) is 7.33. The molecule has 43 heavy (non-hydrogen) atoms. The minimum Gasteiger partial charge on any atom is -0.488 e. The summed E-state index contributed by atoms with van der Waals surface area (Å²) in [5.41, 5.74) is 3.97. The minimum absolute atomic E-state index is 0.0392. The third kappa shape index (κ3) is 10.1. The molecule has 0 atom stereocenters. The highest BCUT2D eigenvalue weighted by Crippen LogP contribution is 2.33. The SMILES string of the molecule is CN(C)Cc1c(OCc2cccnc2)ccc2c(CCC3CCN(CC4OCCO4)CC3)noc12.O=C(O)C=CC(=O)O. The minimum atomic E-state index is -1.26. The van der Waals surface area contributed by atoms with Crippen LogP contribution in [0.3, 0.4) is 0 Å². The van der Waals surface area contributed by atoms with Gasteiger partial charge < -0.3 is 33.8 Å². The van der Waals surface area contributed by atoms with Crippen LogP contribution in [0.4, 0.5) is 0 Å². The topological polar surface area (TPSA) is 148 Å². The van der Waals surface area contributed by atoms with E-state index in [1.807, 2.05) is 18.3 Å². The average Bonchev–Trinajstić information content (AvgIpc) is 3.66. The van der Waals surface area contributed by atoms with Crippen molar-refractivity contribution in [3.8, 4) is 5.75 Å². The molecule has 12 heteroatoms. The predicted molar refractivity (Wildman–Crippen MR) is 158 cm³/mol. The van der Waals surface area contributed by atoms with Gasteiger partial charge in [0.15, 0.2) is 11.9 Å². The number of benzene rings is 1. The van der Waals surface area contributed by atoms with Crippen LogP contribution in [0.5, 0.6) is 5.75 Å². The number of rotatable bonds is 12. The van der Waals surface area contributed by atoms with Crippen molar-refractivity contribution in [3.63, 3.8) is 0 Å². The number of aromatic nitrogens is 2. The number of fused-ring (bicyclic) bond motifs is 1. The first-order valence-corrected chi connectivity index (χ1v) is 14.4. The molecule has 2 aromatic heterocycles. The largest absolute Gasteiger partial charge is 0.488 e. The van der Waals surface area contributed by atoms with Crippen molar-refractivity contribution in [2.75, 3.05) is 46.9 Å². The number of likely N-dealkylation sites (tertiary alicyclic amines) is 1. The van der Waals surface area contributed by atoms with Crippen molar-refractivity contribution < 1.29 is 38.5 Å². The first kappa shape index (κ1) is 32.1. The first-order chi connectivity index (χ1) is 20.8. The Morgan fingerprint density at radius 2 is 1.81 bits per heavy atom. The van der Waals surface area contributed by atoms with E-state index in [-0.39, 0.29) is 6.29 Å². The van der Waals surface area contributed by atoms with Crippen LogP contribution in [0.2, 0.25) is 0 Å². The summed E-state index contributed by atoms with van der Waals surface area (Å²) < 4.78 is 23.3. The third-order valence-electron chi connectivity index (χ3n) is 7.33. The number of hydrogen-bond donors (Lipinski definition) is 2. The number of aliphatic carboxylic acids is 2. The molecule has 4 heterocycles. The zero-order valence-electron chi connectivity index (χ0n) is 24.7. The van der Waals surface area contributed by atoms with Gasteiger partial charge in [-0.3, -0.25) is 9.88 Å². The van der Waals surface area contributed by atoms with Crippen LogP contribution in [0.15, 0.2) is 53.3 Å². The summed E-state index contributed by atoms with van der Waals surface area (Å²) in [7, 11) is 4.11. The molecule has 0 radical (unpaired) electrons. The maximum Gasteiger partial charge on any atom is 0.328 e. The van der Waals surface area contributed by atoms with Crippen LogP contribution in [0.1, 0.15) is 36.1 Å². The summed E-state index contributed by atoms with van der Waals surface area (Å²) in [6.45, 7) is 5.75. The molecule has 2 N–H and O–H groups in total. The van der Waals surface area contributed by atoms with Crippen molar-refractivity contribution in [2.45, 2.75) is 45.1 Å². The number of carboxylic acids is 2. The van der Waals surface area contributed by atoms with E-state index in [9.17, 15) is 9.59 Å². The van der Waals surface area contributed by atoms with Gasteiger partial charge in [-0.2, -0.15) is 0 Å². The van der Waals surface area contributed by atoms with Gasteiger partial charge in [0, 0.05) is 48.6 Å². The predicted octanol–water partition coefficient (Wildman–Crippen LogP) is 3.59. The second kappa shape index (κ2) is 16.1. The summed E-state index contributed by atoms with van der Waals surface area (Å²) in [6.07, 6.45) is 9.16. The second-order valence-electron chi connectivity index (χ2n) is 10.9. The van der Waals surface area contributed by atoms with E-state index in [4.69, 9.17) is 28.9 Å². The summed E-state index contributed by atoms with van der Waals surface area (Å²) in [6, 6.07) is 8.10. The summed E-state index contributed by atoms with van der Waals surface area (Å²) >= 11 is 0. The fraction of sp³-hybridized carbons (Fsp3) is 0.484. The molecule has 0 spiro atoms. The Balaban J connectivity index is 0.000000467. The number of pyridine rings is 1. The summed E-state index contributed by atoms with van der Waals surface area (Å²) in [5, 5.41) is 21.2. The standard InChI is InChI=1S/C27H36N4O4.C4H4O4/c1-30(2)17-23-25(34-19-21-4-3-11-28-16-21)8-6-22-24(29-35-27(22)23)7-5-20-9-12-31(13-10-20)18-26-32-14-15-33-26;5-3(6)1-2-4(7)8/h3-4,6,8,11,16,20,26H,5,7,9-10,12-15,17-19H2,1-2H3;1-2H,(H,5,6)(H,7,8). The van der Waals surface area contributed by atoms with Gasteiger partial charge in [-0.15, -0.1) is 0 Å². The highest BCUT2D eigenvalue weighted by Gasteiger charge is 2.25. The maximum atomic E-state index is 9.55. The van der Waals surface area contributed by atoms with Crippen LogP contribution >= 0.6 is 0 Å². The van der Waals surface area contributed by atoms with E-state index in [1.165, 1.54) is 12.8 Å². The molecule has 2 aliphatic rings. The van der Waals surface area contributed by atoms with Gasteiger partial charge in [-0.05, 0) is 77.0 Å². The fourth-order valence-electron chi connectivity index (χ4n) is 5.18. The molecule has 2 aliphatic heterocycles. The van der Waals surface area contributed by atoms with Crippen LogP contribution in [0.25, 0.3) is 11.0 Å². The number of piperidine rings is 1. The van der Waals surface area contributed by atoms with Crippen LogP contribution in [0, 0.1) is 5.92 Å². The Morgan fingerprint density at radius 3 is 2.44 bits per heavy atom. The van der Waals surface area contributed by atoms with Gasteiger partial charge >= 0.3 is 11.9 Å². The Kier molecular flexibility index (Phi) is 12.0. The fourth-order valence-corrected chi connectivity index (χ4v) is 5.18. The summed E-state index contributed by atoms with van der Waals surface area (Å²) in [5.74, 6) is -0.966. The van der Waals surface area contributed by atoms with E-state index < -0.39 is 11.9 Å². The van der Waals surface area contributed by atoms with Gasteiger partial charge in [0.05, 0.1) is 24.5 Å². The lowest BCUT2D eigenvalue weighted by Crippen LogP contribution is -2.39. The van der Waals surface area contributed by atoms with Gasteiger partial charge in [0.1, 0.15) is 12.4 Å². The molecule has 1 aromatic carbocycles. The van der Waals surface area contributed by atoms with Crippen molar-refractivity contribution in [2.24, 2.45) is 5.92 Å². The molecule has 0 aliphatic carbocycles. The molecule has 0 bridgehead atoms. The average molecular weight is 597 g/mol.